The largest absolute Gasteiger partial charge is 0.0620 e. The summed E-state index contributed by atoms with van der Waals surface area (Å²) >= 11 is 0. The molecule has 0 bridgehead atoms. The second-order valence-electron chi connectivity index (χ2n) is 9.06. The maximum Gasteiger partial charge on any atom is -0.00988 e. The van der Waals surface area contributed by atoms with Crippen molar-refractivity contribution in [1.29, 1.82) is 0 Å². The smallest absolute Gasteiger partial charge is 0.00988 e. The molecule has 0 atom stereocenters. The average Bonchev–Trinajstić information content (AvgIpc) is 2.89. The molecule has 0 heteroatoms. The van der Waals surface area contributed by atoms with Crippen molar-refractivity contribution in [2.45, 2.75) is 13.8 Å². The lowest BCUT2D eigenvalue weighted by Gasteiger charge is -2.15. The van der Waals surface area contributed by atoms with E-state index in [0.717, 1.165) is 0 Å². The van der Waals surface area contributed by atoms with Crippen LogP contribution in [0.2, 0.25) is 0 Å². The summed E-state index contributed by atoms with van der Waals surface area (Å²) in [5.74, 6) is 0. The molecule has 0 spiro atoms. The number of aryl methyl sites for hydroxylation is 1. The summed E-state index contributed by atoms with van der Waals surface area (Å²) in [4.78, 5) is 0. The lowest BCUT2D eigenvalue weighted by atomic mass is 9.89. The number of hydrogen-bond donors (Lipinski definition) is 0. The zero-order valence-electron chi connectivity index (χ0n) is 19.5. The fourth-order valence-corrected chi connectivity index (χ4v) is 5.26. The van der Waals surface area contributed by atoms with Gasteiger partial charge in [0.15, 0.2) is 0 Å². The van der Waals surface area contributed by atoms with Crippen molar-refractivity contribution in [2.75, 3.05) is 0 Å². The lowest BCUT2D eigenvalue weighted by molar-refractivity contribution is 1.40. The minimum Gasteiger partial charge on any atom is -0.0620 e. The molecule has 0 fully saturated rings. The molecule has 162 valence electrons. The third-order valence-electron chi connectivity index (χ3n) is 7.02. The van der Waals surface area contributed by atoms with Gasteiger partial charge in [-0.05, 0) is 92.0 Å². The van der Waals surface area contributed by atoms with E-state index in [4.69, 9.17) is 0 Å². The van der Waals surface area contributed by atoms with Gasteiger partial charge in [0.1, 0.15) is 0 Å². The van der Waals surface area contributed by atoms with E-state index in [0.29, 0.717) is 0 Å². The van der Waals surface area contributed by atoms with E-state index in [9.17, 15) is 0 Å². The summed E-state index contributed by atoms with van der Waals surface area (Å²) < 4.78 is 0. The highest BCUT2D eigenvalue weighted by molar-refractivity contribution is 6.13. The summed E-state index contributed by atoms with van der Waals surface area (Å²) in [6.07, 6.45) is 0. The maximum atomic E-state index is 2.35. The molecule has 0 aliphatic heterocycles. The monoisotopic (exact) mass is 434 g/mol. The first kappa shape index (κ1) is 20.4. The molecule has 0 aromatic heterocycles. The van der Waals surface area contributed by atoms with Gasteiger partial charge in [-0.1, -0.05) is 109 Å². The molecule has 0 saturated heterocycles. The van der Waals surface area contributed by atoms with Crippen LogP contribution >= 0.6 is 0 Å². The summed E-state index contributed by atoms with van der Waals surface area (Å²) in [6.45, 7) is 4.43. The van der Waals surface area contributed by atoms with Gasteiger partial charge in [-0.15, -0.1) is 0 Å². The van der Waals surface area contributed by atoms with Crippen LogP contribution < -0.4 is 0 Å². The zero-order chi connectivity index (χ0) is 23.1. The predicted octanol–water partition coefficient (Wildman–Crippen LogP) is 9.61. The number of benzene rings is 6. The van der Waals surface area contributed by atoms with Crippen LogP contribution in [0.5, 0.6) is 0 Å². The third kappa shape index (κ3) is 3.40. The number of hydrogen-bond acceptors (Lipinski definition) is 0. The van der Waals surface area contributed by atoms with E-state index in [1.165, 1.54) is 66.1 Å². The van der Waals surface area contributed by atoms with Crippen LogP contribution in [0.25, 0.3) is 54.9 Å². The highest BCUT2D eigenvalue weighted by Crippen LogP contribution is 2.38. The van der Waals surface area contributed by atoms with Crippen LogP contribution in [-0.2, 0) is 0 Å². The Balaban J connectivity index is 1.54. The van der Waals surface area contributed by atoms with Crippen LogP contribution in [0.15, 0.2) is 121 Å². The van der Waals surface area contributed by atoms with Crippen molar-refractivity contribution in [2.24, 2.45) is 0 Å². The van der Waals surface area contributed by atoms with Gasteiger partial charge in [0.05, 0.1) is 0 Å². The Bertz CT molecular complexity index is 1670. The Labute approximate surface area is 201 Å². The summed E-state index contributed by atoms with van der Waals surface area (Å²) in [5, 5.41) is 5.18. The molecular weight excluding hydrogens is 408 g/mol. The van der Waals surface area contributed by atoms with Crippen LogP contribution in [0.3, 0.4) is 0 Å². The summed E-state index contributed by atoms with van der Waals surface area (Å²) in [7, 11) is 0. The van der Waals surface area contributed by atoms with E-state index < -0.39 is 0 Å². The van der Waals surface area contributed by atoms with Gasteiger partial charge in [0.2, 0.25) is 0 Å². The fraction of sp³-hybridized carbons (Fsp3) is 0.0588. The van der Waals surface area contributed by atoms with Gasteiger partial charge in [0.25, 0.3) is 0 Å². The van der Waals surface area contributed by atoms with Crippen molar-refractivity contribution in [3.63, 3.8) is 0 Å². The second kappa shape index (κ2) is 8.32. The topological polar surface area (TPSA) is 0 Å². The normalized spacial score (nSPS) is 11.2. The van der Waals surface area contributed by atoms with Crippen LogP contribution in [0.1, 0.15) is 11.1 Å². The standard InChI is InChI=1S/C34H26/c1-23-11-3-5-15-28(23)30-20-10-19-29(24(30)2)25-13-9-14-26(21-25)34-22-27-12-4-6-16-31(27)32-17-7-8-18-33(32)34/h3-22H,1-2H3. The first-order chi connectivity index (χ1) is 16.7. The lowest BCUT2D eigenvalue weighted by Crippen LogP contribution is -1.91. The molecule has 0 nitrogen and oxygen atoms in total. The molecule has 0 heterocycles. The number of fused-ring (bicyclic) bond motifs is 3. The van der Waals surface area contributed by atoms with Crippen molar-refractivity contribution < 1.29 is 0 Å². The molecule has 0 radical (unpaired) electrons. The molecule has 6 aromatic rings. The van der Waals surface area contributed by atoms with Gasteiger partial charge in [-0.2, -0.15) is 0 Å². The van der Waals surface area contributed by atoms with Crippen molar-refractivity contribution in [3.8, 4) is 33.4 Å². The molecule has 6 rings (SSSR count). The Morgan fingerprint density at radius 2 is 0.971 bits per heavy atom. The van der Waals surface area contributed by atoms with Crippen LogP contribution in [0, 0.1) is 13.8 Å². The maximum absolute atomic E-state index is 2.35. The summed E-state index contributed by atoms with van der Waals surface area (Å²) in [5.41, 5.74) is 10.3. The quantitative estimate of drug-likeness (QED) is 0.243. The van der Waals surface area contributed by atoms with Crippen molar-refractivity contribution in [1.82, 2.24) is 0 Å². The zero-order valence-corrected chi connectivity index (χ0v) is 19.5. The van der Waals surface area contributed by atoms with Crippen molar-refractivity contribution in [3.05, 3.63) is 132 Å². The molecule has 0 aliphatic carbocycles. The highest BCUT2D eigenvalue weighted by Gasteiger charge is 2.12. The Kier molecular flexibility index (Phi) is 5.00. The third-order valence-corrected chi connectivity index (χ3v) is 7.02. The SMILES string of the molecule is Cc1ccccc1-c1cccc(-c2cccc(-c3cc4ccccc4c4ccccc34)c2)c1C. The van der Waals surface area contributed by atoms with Crippen LogP contribution in [-0.4, -0.2) is 0 Å². The van der Waals surface area contributed by atoms with Gasteiger partial charge in [-0.25, -0.2) is 0 Å². The van der Waals surface area contributed by atoms with Gasteiger partial charge in [0, 0.05) is 0 Å². The minimum atomic E-state index is 1.25. The first-order valence-electron chi connectivity index (χ1n) is 11.9. The van der Waals surface area contributed by atoms with E-state index in [-0.39, 0.29) is 0 Å². The Morgan fingerprint density at radius 3 is 1.79 bits per heavy atom. The van der Waals surface area contributed by atoms with Gasteiger partial charge < -0.3 is 0 Å². The highest BCUT2D eigenvalue weighted by atomic mass is 14.2. The Hall–Kier alpha value is -4.16. The van der Waals surface area contributed by atoms with Gasteiger partial charge in [-0.3, -0.25) is 0 Å². The molecule has 0 aliphatic rings. The molecule has 0 saturated carbocycles. The van der Waals surface area contributed by atoms with Crippen LogP contribution in [0.4, 0.5) is 0 Å². The molecule has 6 aromatic carbocycles. The first-order valence-corrected chi connectivity index (χ1v) is 11.9. The molecule has 0 unspecified atom stereocenters. The molecule has 0 amide bonds. The summed E-state index contributed by atoms with van der Waals surface area (Å²) in [6, 6.07) is 44.1. The number of rotatable bonds is 3. The Morgan fingerprint density at radius 1 is 0.382 bits per heavy atom. The molecule has 34 heavy (non-hydrogen) atoms. The van der Waals surface area contributed by atoms with E-state index in [2.05, 4.69) is 135 Å². The second-order valence-corrected chi connectivity index (χ2v) is 9.06. The van der Waals surface area contributed by atoms with Crippen molar-refractivity contribution >= 4 is 21.5 Å². The minimum absolute atomic E-state index is 1.25. The molecule has 0 N–H and O–H groups in total. The van der Waals surface area contributed by atoms with E-state index in [1.54, 1.807) is 0 Å². The van der Waals surface area contributed by atoms with E-state index in [1.807, 2.05) is 0 Å². The average molecular weight is 435 g/mol. The van der Waals surface area contributed by atoms with Gasteiger partial charge >= 0.3 is 0 Å². The van der Waals surface area contributed by atoms with E-state index >= 15 is 0 Å². The molecular formula is C34H26. The fourth-order valence-electron chi connectivity index (χ4n) is 5.26. The predicted molar refractivity (Wildman–Crippen MR) is 147 cm³/mol.